The van der Waals surface area contributed by atoms with E-state index >= 15 is 0 Å². The van der Waals surface area contributed by atoms with Crippen LogP contribution in [0.5, 0.6) is 0 Å². The fourth-order valence-electron chi connectivity index (χ4n) is 2.78. The lowest BCUT2D eigenvalue weighted by atomic mass is 9.69. The Labute approximate surface area is 119 Å². The Morgan fingerprint density at radius 2 is 1.89 bits per heavy atom. The van der Waals surface area contributed by atoms with E-state index in [1.807, 2.05) is 6.26 Å². The molecule has 19 heavy (non-hydrogen) atoms. The lowest BCUT2D eigenvalue weighted by Gasteiger charge is -2.35. The minimum absolute atomic E-state index is 0.00375. The fourth-order valence-corrected chi connectivity index (χ4v) is 3.03. The smallest absolute Gasteiger partial charge is 0.303 e. The molecule has 110 valence electrons. The van der Waals surface area contributed by atoms with Crippen LogP contribution in [0.2, 0.25) is 0 Å². The molecule has 0 bridgehead atoms. The first-order valence-electron chi connectivity index (χ1n) is 6.99. The summed E-state index contributed by atoms with van der Waals surface area (Å²) in [6.45, 7) is 2.72. The van der Waals surface area contributed by atoms with Gasteiger partial charge in [0.05, 0.1) is 6.42 Å². The van der Waals surface area contributed by atoms with E-state index in [0.29, 0.717) is 18.2 Å². The molecule has 0 aromatic heterocycles. The Morgan fingerprint density at radius 3 is 2.42 bits per heavy atom. The van der Waals surface area contributed by atoms with Crippen molar-refractivity contribution in [3.63, 3.8) is 0 Å². The normalized spacial score (nSPS) is 19.7. The molecule has 0 saturated heterocycles. The highest BCUT2D eigenvalue weighted by Crippen LogP contribution is 2.42. The number of carboxylic acids is 1. The van der Waals surface area contributed by atoms with Gasteiger partial charge in [-0.1, -0.05) is 26.2 Å². The molecule has 1 unspecified atom stereocenters. The third-order valence-electron chi connectivity index (χ3n) is 3.97. The van der Waals surface area contributed by atoms with Crippen molar-refractivity contribution in [1.29, 1.82) is 0 Å². The first-order valence-corrected chi connectivity index (χ1v) is 8.27. The third-order valence-corrected chi connectivity index (χ3v) is 4.94. The van der Waals surface area contributed by atoms with Crippen LogP contribution in [0, 0.1) is 5.41 Å². The van der Waals surface area contributed by atoms with Crippen LogP contribution >= 0.6 is 11.8 Å². The molecular formula is C14H25NO3S. The predicted molar refractivity (Wildman–Crippen MR) is 78.4 cm³/mol. The molecule has 0 aromatic rings. The summed E-state index contributed by atoms with van der Waals surface area (Å²) < 4.78 is 0. The summed E-state index contributed by atoms with van der Waals surface area (Å²) >= 11 is 1.71. The zero-order valence-corrected chi connectivity index (χ0v) is 12.7. The summed E-state index contributed by atoms with van der Waals surface area (Å²) in [5.41, 5.74) is -0.309. The van der Waals surface area contributed by atoms with Crippen LogP contribution in [0.15, 0.2) is 0 Å². The van der Waals surface area contributed by atoms with E-state index in [9.17, 15) is 9.59 Å². The molecule has 0 aliphatic heterocycles. The molecule has 1 fully saturated rings. The maximum Gasteiger partial charge on any atom is 0.303 e. The number of carbonyl (C=O) groups is 2. The SMILES string of the molecule is CSC(C)CNC(=O)CC1(CC(=O)O)CCCCC1. The van der Waals surface area contributed by atoms with E-state index in [0.717, 1.165) is 32.1 Å². The number of hydrogen-bond donors (Lipinski definition) is 2. The van der Waals surface area contributed by atoms with Gasteiger partial charge in [0.25, 0.3) is 0 Å². The summed E-state index contributed by atoms with van der Waals surface area (Å²) in [6, 6.07) is 0. The first kappa shape index (κ1) is 16.3. The molecule has 0 radical (unpaired) electrons. The largest absolute Gasteiger partial charge is 0.481 e. The zero-order valence-electron chi connectivity index (χ0n) is 11.9. The minimum atomic E-state index is -0.785. The second-order valence-electron chi connectivity index (χ2n) is 5.66. The predicted octanol–water partition coefficient (Wildman–Crippen LogP) is 2.67. The van der Waals surface area contributed by atoms with E-state index in [-0.39, 0.29) is 17.7 Å². The van der Waals surface area contributed by atoms with E-state index in [2.05, 4.69) is 12.2 Å². The van der Waals surface area contributed by atoms with Gasteiger partial charge in [0.1, 0.15) is 0 Å². The van der Waals surface area contributed by atoms with Crippen molar-refractivity contribution >= 4 is 23.6 Å². The van der Waals surface area contributed by atoms with Gasteiger partial charge in [0, 0.05) is 18.2 Å². The molecule has 0 aromatic carbocycles. The molecular weight excluding hydrogens is 262 g/mol. The van der Waals surface area contributed by atoms with Crippen molar-refractivity contribution in [3.05, 3.63) is 0 Å². The van der Waals surface area contributed by atoms with E-state index in [4.69, 9.17) is 5.11 Å². The average molecular weight is 287 g/mol. The van der Waals surface area contributed by atoms with Crippen LogP contribution in [0.3, 0.4) is 0 Å². The molecule has 1 aliphatic carbocycles. The van der Waals surface area contributed by atoms with Crippen molar-refractivity contribution in [2.75, 3.05) is 12.8 Å². The van der Waals surface area contributed by atoms with Gasteiger partial charge >= 0.3 is 5.97 Å². The Morgan fingerprint density at radius 1 is 1.26 bits per heavy atom. The molecule has 1 amide bonds. The molecule has 2 N–H and O–H groups in total. The summed E-state index contributed by atoms with van der Waals surface area (Å²) in [7, 11) is 0. The number of amides is 1. The third kappa shape index (κ3) is 5.85. The summed E-state index contributed by atoms with van der Waals surface area (Å²) in [4.78, 5) is 23.0. The number of rotatable bonds is 7. The van der Waals surface area contributed by atoms with Gasteiger partial charge in [0.15, 0.2) is 0 Å². The summed E-state index contributed by atoms with van der Waals surface area (Å²) in [5.74, 6) is -0.781. The molecule has 0 heterocycles. The number of carboxylic acid groups (broad SMARTS) is 1. The van der Waals surface area contributed by atoms with Crippen molar-refractivity contribution in [1.82, 2.24) is 5.32 Å². The number of carbonyl (C=O) groups excluding carboxylic acids is 1. The molecule has 5 heteroatoms. The molecule has 1 rings (SSSR count). The quantitative estimate of drug-likeness (QED) is 0.755. The second kappa shape index (κ2) is 7.78. The molecule has 4 nitrogen and oxygen atoms in total. The number of thioether (sulfide) groups is 1. The van der Waals surface area contributed by atoms with Crippen LogP contribution in [0.25, 0.3) is 0 Å². The first-order chi connectivity index (χ1) is 8.97. The highest BCUT2D eigenvalue weighted by molar-refractivity contribution is 7.99. The lowest BCUT2D eigenvalue weighted by molar-refractivity contribution is -0.141. The van der Waals surface area contributed by atoms with Gasteiger partial charge in [-0.25, -0.2) is 0 Å². The van der Waals surface area contributed by atoms with Crippen molar-refractivity contribution < 1.29 is 14.7 Å². The van der Waals surface area contributed by atoms with Crippen molar-refractivity contribution in [2.24, 2.45) is 5.41 Å². The van der Waals surface area contributed by atoms with Crippen LogP contribution in [0.1, 0.15) is 51.9 Å². The lowest BCUT2D eigenvalue weighted by Crippen LogP contribution is -2.37. The standard InChI is InChI=1S/C14H25NO3S/c1-11(19-2)10-15-12(16)8-14(9-13(17)18)6-4-3-5-7-14/h11H,3-10H2,1-2H3,(H,15,16)(H,17,18). The van der Waals surface area contributed by atoms with Crippen molar-refractivity contribution in [3.8, 4) is 0 Å². The van der Waals surface area contributed by atoms with Gasteiger partial charge in [-0.3, -0.25) is 9.59 Å². The van der Waals surface area contributed by atoms with Crippen LogP contribution in [-0.4, -0.2) is 35.0 Å². The highest BCUT2D eigenvalue weighted by Gasteiger charge is 2.36. The van der Waals surface area contributed by atoms with Gasteiger partial charge < -0.3 is 10.4 Å². The molecule has 1 aliphatic rings. The molecule has 0 spiro atoms. The Balaban J connectivity index is 2.52. The van der Waals surface area contributed by atoms with Gasteiger partial charge in [-0.2, -0.15) is 11.8 Å². The van der Waals surface area contributed by atoms with Crippen LogP contribution in [0.4, 0.5) is 0 Å². The van der Waals surface area contributed by atoms with Crippen molar-refractivity contribution in [2.45, 2.75) is 57.1 Å². The zero-order chi connectivity index (χ0) is 14.3. The maximum absolute atomic E-state index is 12.0. The van der Waals surface area contributed by atoms with Crippen LogP contribution < -0.4 is 5.32 Å². The van der Waals surface area contributed by atoms with Gasteiger partial charge in [-0.05, 0) is 24.5 Å². The van der Waals surface area contributed by atoms with E-state index in [1.165, 1.54) is 0 Å². The van der Waals surface area contributed by atoms with E-state index in [1.54, 1.807) is 11.8 Å². The highest BCUT2D eigenvalue weighted by atomic mass is 32.2. The Kier molecular flexibility index (Phi) is 6.69. The monoisotopic (exact) mass is 287 g/mol. The fraction of sp³-hybridized carbons (Fsp3) is 0.857. The number of hydrogen-bond acceptors (Lipinski definition) is 3. The van der Waals surface area contributed by atoms with Gasteiger partial charge in [0.2, 0.25) is 5.91 Å². The minimum Gasteiger partial charge on any atom is -0.481 e. The Bertz CT molecular complexity index is 314. The van der Waals surface area contributed by atoms with Crippen LogP contribution in [-0.2, 0) is 9.59 Å². The second-order valence-corrected chi connectivity index (χ2v) is 6.93. The summed E-state index contributed by atoms with van der Waals surface area (Å²) in [6.07, 6.45) is 7.48. The number of aliphatic carboxylic acids is 1. The van der Waals surface area contributed by atoms with E-state index < -0.39 is 5.97 Å². The van der Waals surface area contributed by atoms with Gasteiger partial charge in [-0.15, -0.1) is 0 Å². The molecule has 1 saturated carbocycles. The summed E-state index contributed by atoms with van der Waals surface area (Å²) in [5, 5.41) is 12.4. The maximum atomic E-state index is 12.0. The average Bonchev–Trinajstić information content (AvgIpc) is 2.35. The molecule has 1 atom stereocenters. The Hall–Kier alpha value is -0.710. The number of nitrogens with one attached hydrogen (secondary N) is 1. The topological polar surface area (TPSA) is 66.4 Å².